The fourth-order valence-electron chi connectivity index (χ4n) is 3.59. The van der Waals surface area contributed by atoms with Gasteiger partial charge in [0.1, 0.15) is 0 Å². The van der Waals surface area contributed by atoms with Crippen molar-refractivity contribution >= 4 is 0 Å². The maximum absolute atomic E-state index is 10.4. The summed E-state index contributed by atoms with van der Waals surface area (Å²) in [4.78, 5) is 0. The third kappa shape index (κ3) is 2.54. The van der Waals surface area contributed by atoms with E-state index in [9.17, 15) is 5.11 Å². The molecule has 1 aliphatic rings. The maximum Gasteiger partial charge on any atom is 0.0574 e. The molecule has 0 amide bonds. The second kappa shape index (κ2) is 6.28. The summed E-state index contributed by atoms with van der Waals surface area (Å²) in [6, 6.07) is 20.9. The molecule has 0 bridgehead atoms. The molecule has 2 aromatic rings. The Morgan fingerprint density at radius 1 is 0.905 bits per heavy atom. The zero-order valence-electron chi connectivity index (χ0n) is 12.3. The Morgan fingerprint density at radius 2 is 1.48 bits per heavy atom. The van der Waals surface area contributed by atoms with Crippen LogP contribution in [0.25, 0.3) is 0 Å². The molecule has 0 radical (unpaired) electrons. The van der Waals surface area contributed by atoms with Crippen LogP contribution in [0, 0.1) is 5.92 Å². The van der Waals surface area contributed by atoms with Crippen LogP contribution in [-0.4, -0.2) is 11.7 Å². The van der Waals surface area contributed by atoms with Gasteiger partial charge in [-0.25, -0.2) is 0 Å². The Labute approximate surface area is 127 Å². The molecule has 0 aromatic heterocycles. The van der Waals surface area contributed by atoms with Crippen molar-refractivity contribution in [3.63, 3.8) is 0 Å². The topological polar surface area (TPSA) is 20.2 Å². The third-order valence-corrected chi connectivity index (χ3v) is 4.71. The molecule has 1 aliphatic carbocycles. The Balaban J connectivity index is 2.17. The van der Waals surface area contributed by atoms with Crippen molar-refractivity contribution in [2.24, 2.45) is 5.92 Å². The molecule has 108 valence electrons. The lowest BCUT2D eigenvalue weighted by atomic mass is 9.64. The normalized spacial score (nSPS) is 18.6. The van der Waals surface area contributed by atoms with Gasteiger partial charge in [0.25, 0.3) is 0 Å². The molecule has 0 saturated heterocycles. The first kappa shape index (κ1) is 14.1. The van der Waals surface area contributed by atoms with Crippen LogP contribution in [0.5, 0.6) is 0 Å². The Bertz CT molecular complexity index is 546. The number of rotatable bonds is 4. The first-order chi connectivity index (χ1) is 10.4. The minimum atomic E-state index is -0.334. The lowest BCUT2D eigenvalue weighted by Crippen LogP contribution is -2.40. The van der Waals surface area contributed by atoms with E-state index in [0.717, 1.165) is 12.8 Å². The highest BCUT2D eigenvalue weighted by molar-refractivity contribution is 5.42. The molecule has 3 rings (SSSR count). The molecule has 1 heteroatoms. The monoisotopic (exact) mass is 278 g/mol. The zero-order chi connectivity index (χ0) is 14.5. The number of allylic oxidation sites excluding steroid dienone is 2. The highest BCUT2D eigenvalue weighted by Crippen LogP contribution is 2.43. The van der Waals surface area contributed by atoms with Crippen molar-refractivity contribution in [3.8, 4) is 0 Å². The van der Waals surface area contributed by atoms with Gasteiger partial charge in [-0.3, -0.25) is 0 Å². The van der Waals surface area contributed by atoms with Gasteiger partial charge in [-0.05, 0) is 36.3 Å². The summed E-state index contributed by atoms with van der Waals surface area (Å²) in [6.45, 7) is 0.135. The smallest absolute Gasteiger partial charge is 0.0574 e. The van der Waals surface area contributed by atoms with E-state index in [1.54, 1.807) is 0 Å². The maximum atomic E-state index is 10.4. The highest BCUT2D eigenvalue weighted by Gasteiger charge is 2.40. The van der Waals surface area contributed by atoms with Gasteiger partial charge in [-0.2, -0.15) is 0 Å². The van der Waals surface area contributed by atoms with Crippen LogP contribution in [0.2, 0.25) is 0 Å². The summed E-state index contributed by atoms with van der Waals surface area (Å²) in [5.41, 5.74) is 2.07. The third-order valence-electron chi connectivity index (χ3n) is 4.71. The van der Waals surface area contributed by atoms with Gasteiger partial charge in [0, 0.05) is 5.41 Å². The van der Waals surface area contributed by atoms with Crippen LogP contribution < -0.4 is 0 Å². The van der Waals surface area contributed by atoms with Crippen molar-refractivity contribution < 1.29 is 5.11 Å². The van der Waals surface area contributed by atoms with Crippen LogP contribution in [0.15, 0.2) is 72.8 Å². The van der Waals surface area contributed by atoms with Crippen LogP contribution in [0.4, 0.5) is 0 Å². The summed E-state index contributed by atoms with van der Waals surface area (Å²) in [5.74, 6) is 0.348. The molecule has 1 N–H and O–H groups in total. The quantitative estimate of drug-likeness (QED) is 0.826. The summed E-state index contributed by atoms with van der Waals surface area (Å²) >= 11 is 0. The van der Waals surface area contributed by atoms with Crippen molar-refractivity contribution in [2.45, 2.75) is 24.7 Å². The predicted molar refractivity (Wildman–Crippen MR) is 87.2 cm³/mol. The molecule has 21 heavy (non-hydrogen) atoms. The molecule has 2 aromatic carbocycles. The molecule has 0 heterocycles. The average Bonchev–Trinajstić information content (AvgIpc) is 2.59. The van der Waals surface area contributed by atoms with Gasteiger partial charge in [0.2, 0.25) is 0 Å². The van der Waals surface area contributed by atoms with Gasteiger partial charge in [0.05, 0.1) is 6.61 Å². The lowest BCUT2D eigenvalue weighted by molar-refractivity contribution is 0.177. The first-order valence-corrected chi connectivity index (χ1v) is 7.76. The van der Waals surface area contributed by atoms with Gasteiger partial charge < -0.3 is 5.11 Å². The minimum absolute atomic E-state index is 0.135. The summed E-state index contributed by atoms with van der Waals surface area (Å²) in [7, 11) is 0. The van der Waals surface area contributed by atoms with Crippen LogP contribution in [0.3, 0.4) is 0 Å². The van der Waals surface area contributed by atoms with E-state index >= 15 is 0 Å². The summed E-state index contributed by atoms with van der Waals surface area (Å²) in [6.07, 6.45) is 8.05. The standard InChI is InChI=1S/C20H22O/c21-16-20(17-10-4-1-5-11-17,18-12-6-2-7-13-18)19-14-8-3-9-15-19/h1-2,4-8,10-14,19,21H,3,9,15-16H2/t19-/m0/s1. The van der Waals surface area contributed by atoms with Crippen LogP contribution in [0.1, 0.15) is 30.4 Å². The number of aliphatic hydroxyl groups is 1. The van der Waals surface area contributed by atoms with E-state index < -0.39 is 0 Å². The molecule has 0 aliphatic heterocycles. The molecule has 0 spiro atoms. The number of hydrogen-bond donors (Lipinski definition) is 1. The number of benzene rings is 2. The first-order valence-electron chi connectivity index (χ1n) is 7.76. The second-order valence-corrected chi connectivity index (χ2v) is 5.83. The Morgan fingerprint density at radius 3 is 1.90 bits per heavy atom. The van der Waals surface area contributed by atoms with Crippen LogP contribution >= 0.6 is 0 Å². The van der Waals surface area contributed by atoms with E-state index in [1.165, 1.54) is 17.5 Å². The molecular formula is C20H22O. The molecular weight excluding hydrogens is 256 g/mol. The lowest BCUT2D eigenvalue weighted by Gasteiger charge is -2.40. The molecule has 1 atom stereocenters. The fraction of sp³-hybridized carbons (Fsp3) is 0.300. The minimum Gasteiger partial charge on any atom is -0.395 e. The number of aliphatic hydroxyl groups excluding tert-OH is 1. The highest BCUT2D eigenvalue weighted by atomic mass is 16.3. The van der Waals surface area contributed by atoms with E-state index in [0.29, 0.717) is 5.92 Å². The van der Waals surface area contributed by atoms with E-state index in [2.05, 4.69) is 60.7 Å². The average molecular weight is 278 g/mol. The van der Waals surface area contributed by atoms with Gasteiger partial charge >= 0.3 is 0 Å². The molecule has 0 fully saturated rings. The van der Waals surface area contributed by atoms with Crippen molar-refractivity contribution in [2.75, 3.05) is 6.61 Å². The Kier molecular flexibility index (Phi) is 4.21. The number of hydrogen-bond acceptors (Lipinski definition) is 1. The second-order valence-electron chi connectivity index (χ2n) is 5.83. The molecule has 0 saturated carbocycles. The van der Waals surface area contributed by atoms with Crippen molar-refractivity contribution in [1.29, 1.82) is 0 Å². The van der Waals surface area contributed by atoms with Gasteiger partial charge in [-0.15, -0.1) is 0 Å². The van der Waals surface area contributed by atoms with Crippen molar-refractivity contribution in [1.82, 2.24) is 0 Å². The van der Waals surface area contributed by atoms with Crippen molar-refractivity contribution in [3.05, 3.63) is 83.9 Å². The summed E-state index contributed by atoms with van der Waals surface area (Å²) < 4.78 is 0. The van der Waals surface area contributed by atoms with E-state index in [4.69, 9.17) is 0 Å². The van der Waals surface area contributed by atoms with E-state index in [1.807, 2.05) is 12.1 Å². The largest absolute Gasteiger partial charge is 0.395 e. The Hall–Kier alpha value is -1.86. The van der Waals surface area contributed by atoms with Crippen LogP contribution in [-0.2, 0) is 5.41 Å². The molecule has 0 unspecified atom stereocenters. The SMILES string of the molecule is OCC(c1ccccc1)(c1ccccc1)[C@H]1C=CCCC1. The van der Waals surface area contributed by atoms with Gasteiger partial charge in [0.15, 0.2) is 0 Å². The molecule has 1 nitrogen and oxygen atoms in total. The fourth-order valence-corrected chi connectivity index (χ4v) is 3.59. The zero-order valence-corrected chi connectivity index (χ0v) is 12.3. The predicted octanol–water partition coefficient (Wildman–Crippen LogP) is 4.32. The van der Waals surface area contributed by atoms with E-state index in [-0.39, 0.29) is 12.0 Å². The summed E-state index contributed by atoms with van der Waals surface area (Å²) in [5, 5.41) is 10.4. The van der Waals surface area contributed by atoms with Gasteiger partial charge in [-0.1, -0.05) is 72.8 Å².